The fourth-order valence-corrected chi connectivity index (χ4v) is 4.40. The molecule has 0 aliphatic heterocycles. The highest BCUT2D eigenvalue weighted by molar-refractivity contribution is 5.83. The Hall–Kier alpha value is -4.71. The molecule has 0 fully saturated rings. The van der Waals surface area contributed by atoms with Crippen LogP contribution < -0.4 is 16.4 Å². The van der Waals surface area contributed by atoms with E-state index in [2.05, 4.69) is 25.7 Å². The van der Waals surface area contributed by atoms with Crippen LogP contribution in [0.5, 0.6) is 0 Å². The van der Waals surface area contributed by atoms with Crippen LogP contribution >= 0.6 is 0 Å². The van der Waals surface area contributed by atoms with E-state index in [1.165, 1.54) is 27.7 Å². The van der Waals surface area contributed by atoms with Gasteiger partial charge in [0, 0.05) is 43.0 Å². The molecule has 200 valence electrons. The van der Waals surface area contributed by atoms with Crippen molar-refractivity contribution in [2.75, 3.05) is 5.32 Å². The number of pyridine rings is 2. The zero-order valence-corrected chi connectivity index (χ0v) is 22.1. The number of rotatable bonds is 5. The van der Waals surface area contributed by atoms with Gasteiger partial charge in [0.1, 0.15) is 11.5 Å². The molecule has 0 saturated heterocycles. The van der Waals surface area contributed by atoms with Crippen molar-refractivity contribution in [3.05, 3.63) is 86.7 Å². The minimum Gasteiger partial charge on any atom is -0.392 e. The molecule has 0 aliphatic rings. The van der Waals surface area contributed by atoms with Gasteiger partial charge in [-0.05, 0) is 40.8 Å². The number of fused-ring (bicyclic) bond motifs is 1. The average Bonchev–Trinajstić information content (AvgIpc) is 3.30. The van der Waals surface area contributed by atoms with E-state index < -0.39 is 18.0 Å². The number of benzene rings is 1. The third-order valence-electron chi connectivity index (χ3n) is 6.46. The van der Waals surface area contributed by atoms with Crippen LogP contribution in [0.1, 0.15) is 31.9 Å². The normalized spacial score (nSPS) is 11.8. The first kappa shape index (κ1) is 25.9. The number of nitrogens with one attached hydrogen (secondary N) is 1. The fourth-order valence-electron chi connectivity index (χ4n) is 4.40. The summed E-state index contributed by atoms with van der Waals surface area (Å²) in [7, 11) is 3.30. The number of aryl methyl sites for hydroxylation is 2. The molecule has 11 nitrogen and oxygen atoms in total. The fraction of sp³-hybridized carbons (Fsp3) is 0.259. The van der Waals surface area contributed by atoms with Gasteiger partial charge in [0.25, 0.3) is 11.1 Å². The number of anilines is 2. The smallest absolute Gasteiger partial charge is 0.283 e. The topological polar surface area (TPSA) is 133 Å². The largest absolute Gasteiger partial charge is 0.392 e. The molecule has 5 rings (SSSR count). The Labute approximate surface area is 222 Å². The number of halogens is 1. The van der Waals surface area contributed by atoms with E-state index in [9.17, 15) is 14.7 Å². The predicted molar refractivity (Wildman–Crippen MR) is 145 cm³/mol. The van der Waals surface area contributed by atoms with Gasteiger partial charge in [-0.3, -0.25) is 14.3 Å². The van der Waals surface area contributed by atoms with Crippen molar-refractivity contribution < 1.29 is 9.50 Å². The van der Waals surface area contributed by atoms with Gasteiger partial charge in [0.15, 0.2) is 11.6 Å². The van der Waals surface area contributed by atoms with Gasteiger partial charge in [0.2, 0.25) is 0 Å². The minimum absolute atomic E-state index is 0.0542. The maximum atomic E-state index is 15.2. The molecule has 0 spiro atoms. The SMILES string of the molecule is Cn1cc(Nc2cc(-c3ccnc(-n4ncc5cc(C(C)(C)C)cc(F)c5c4=O)c3CO)cn(C)c2=O)nn1. The van der Waals surface area contributed by atoms with Crippen molar-refractivity contribution in [3.63, 3.8) is 0 Å². The molecule has 12 heteroatoms. The molecule has 5 aromatic rings. The zero-order valence-electron chi connectivity index (χ0n) is 22.1. The lowest BCUT2D eigenvalue weighted by atomic mass is 9.86. The van der Waals surface area contributed by atoms with E-state index in [-0.39, 0.29) is 33.4 Å². The molecule has 0 atom stereocenters. The zero-order chi connectivity index (χ0) is 28.1. The van der Waals surface area contributed by atoms with Crippen LogP contribution in [0.25, 0.3) is 27.7 Å². The van der Waals surface area contributed by atoms with Gasteiger partial charge < -0.3 is 15.0 Å². The lowest BCUT2D eigenvalue weighted by Crippen LogP contribution is -2.25. The molecule has 4 heterocycles. The Balaban J connectivity index is 1.66. The summed E-state index contributed by atoms with van der Waals surface area (Å²) in [5.74, 6) is -0.218. The summed E-state index contributed by atoms with van der Waals surface area (Å²) in [5, 5.41) is 25.7. The van der Waals surface area contributed by atoms with Gasteiger partial charge >= 0.3 is 0 Å². The summed E-state index contributed by atoms with van der Waals surface area (Å²) in [4.78, 5) is 30.5. The van der Waals surface area contributed by atoms with Gasteiger partial charge in [-0.2, -0.15) is 9.78 Å². The Morgan fingerprint density at radius 2 is 1.85 bits per heavy atom. The van der Waals surface area contributed by atoms with Crippen LogP contribution in [0.2, 0.25) is 0 Å². The second kappa shape index (κ2) is 9.55. The van der Waals surface area contributed by atoms with Crippen molar-refractivity contribution in [1.82, 2.24) is 34.3 Å². The van der Waals surface area contributed by atoms with E-state index in [1.54, 1.807) is 44.7 Å². The lowest BCUT2D eigenvalue weighted by molar-refractivity contribution is 0.281. The van der Waals surface area contributed by atoms with Crippen LogP contribution in [-0.2, 0) is 26.1 Å². The molecule has 0 radical (unpaired) electrons. The molecular weight excluding hydrogens is 503 g/mol. The second-order valence-electron chi connectivity index (χ2n) is 10.3. The van der Waals surface area contributed by atoms with E-state index in [0.29, 0.717) is 22.3 Å². The molecule has 0 saturated carbocycles. The number of nitrogens with zero attached hydrogens (tertiary/aromatic N) is 7. The molecular formula is C27H27FN8O3. The maximum Gasteiger partial charge on any atom is 0.283 e. The number of aliphatic hydroxyl groups is 1. The predicted octanol–water partition coefficient (Wildman–Crippen LogP) is 2.95. The Morgan fingerprint density at radius 3 is 2.51 bits per heavy atom. The second-order valence-corrected chi connectivity index (χ2v) is 10.3. The first-order chi connectivity index (χ1) is 18.5. The van der Waals surface area contributed by atoms with Crippen LogP contribution in [0.4, 0.5) is 15.9 Å². The number of hydrogen-bond acceptors (Lipinski definition) is 8. The molecule has 0 bridgehead atoms. The highest BCUT2D eigenvalue weighted by Gasteiger charge is 2.21. The molecule has 4 aromatic heterocycles. The van der Waals surface area contributed by atoms with E-state index in [4.69, 9.17) is 0 Å². The summed E-state index contributed by atoms with van der Waals surface area (Å²) >= 11 is 0. The summed E-state index contributed by atoms with van der Waals surface area (Å²) in [6, 6.07) is 6.38. The summed E-state index contributed by atoms with van der Waals surface area (Å²) < 4.78 is 19.1. The van der Waals surface area contributed by atoms with Crippen molar-refractivity contribution >= 4 is 22.3 Å². The maximum absolute atomic E-state index is 15.2. The van der Waals surface area contributed by atoms with Crippen molar-refractivity contribution in [2.24, 2.45) is 14.1 Å². The number of aromatic nitrogens is 7. The highest BCUT2D eigenvalue weighted by atomic mass is 19.1. The van der Waals surface area contributed by atoms with Crippen LogP contribution in [0, 0.1) is 5.82 Å². The van der Waals surface area contributed by atoms with Gasteiger partial charge in [-0.25, -0.2) is 9.37 Å². The number of aliphatic hydroxyl groups excluding tert-OH is 1. The summed E-state index contributed by atoms with van der Waals surface area (Å²) in [6.45, 7) is 5.38. The molecule has 1 aromatic carbocycles. The lowest BCUT2D eigenvalue weighted by Gasteiger charge is -2.20. The van der Waals surface area contributed by atoms with Crippen LogP contribution in [0.3, 0.4) is 0 Å². The summed E-state index contributed by atoms with van der Waals surface area (Å²) in [6.07, 6.45) is 6.10. The number of hydrogen-bond donors (Lipinski definition) is 2. The monoisotopic (exact) mass is 530 g/mol. The van der Waals surface area contributed by atoms with E-state index in [1.807, 2.05) is 20.8 Å². The molecule has 0 aliphatic carbocycles. The third-order valence-corrected chi connectivity index (χ3v) is 6.46. The van der Waals surface area contributed by atoms with Gasteiger partial charge in [0.05, 0.1) is 24.4 Å². The Morgan fingerprint density at radius 1 is 1.08 bits per heavy atom. The summed E-state index contributed by atoms with van der Waals surface area (Å²) in [5.41, 5.74) is 1.00. The highest BCUT2D eigenvalue weighted by Crippen LogP contribution is 2.30. The molecule has 39 heavy (non-hydrogen) atoms. The van der Waals surface area contributed by atoms with Crippen LogP contribution in [0.15, 0.2) is 58.6 Å². The van der Waals surface area contributed by atoms with Crippen molar-refractivity contribution in [2.45, 2.75) is 32.8 Å². The van der Waals surface area contributed by atoms with Gasteiger partial charge in [-0.1, -0.05) is 26.0 Å². The standard InChI is InChI=1S/C27H27FN8O3/c1-27(2,3)17-8-15-11-30-36(26(39)23(15)20(28)10-17)24-19(14-37)18(6-7-29-24)16-9-21(25(38)34(4)12-16)31-22-13-35(5)33-32-22/h6-13,31,37H,14H2,1-5H3. The Bertz CT molecular complexity index is 1850. The molecule has 0 amide bonds. The third kappa shape index (κ3) is 4.70. The average molecular weight is 531 g/mol. The van der Waals surface area contributed by atoms with E-state index in [0.717, 1.165) is 10.2 Å². The minimum atomic E-state index is -0.699. The van der Waals surface area contributed by atoms with Crippen molar-refractivity contribution in [1.29, 1.82) is 0 Å². The quantitative estimate of drug-likeness (QED) is 0.354. The van der Waals surface area contributed by atoms with Crippen molar-refractivity contribution in [3.8, 4) is 16.9 Å². The van der Waals surface area contributed by atoms with E-state index >= 15 is 4.39 Å². The molecule has 0 unspecified atom stereocenters. The molecule has 2 N–H and O–H groups in total. The first-order valence-corrected chi connectivity index (χ1v) is 12.1. The first-order valence-electron chi connectivity index (χ1n) is 12.1. The van der Waals surface area contributed by atoms with Crippen LogP contribution in [-0.4, -0.2) is 39.4 Å². The van der Waals surface area contributed by atoms with Gasteiger partial charge in [-0.15, -0.1) is 5.10 Å². The Kier molecular flexibility index (Phi) is 6.35.